The molecular formula is C15H17N3O2. The fourth-order valence-electron chi connectivity index (χ4n) is 1.96. The topological polar surface area (TPSA) is 68.1 Å². The van der Waals surface area contributed by atoms with Crippen LogP contribution in [0.15, 0.2) is 48.7 Å². The van der Waals surface area contributed by atoms with Gasteiger partial charge in [0, 0.05) is 18.3 Å². The number of pyridine rings is 1. The molecule has 0 spiro atoms. The van der Waals surface area contributed by atoms with Crippen molar-refractivity contribution < 1.29 is 4.92 Å². The van der Waals surface area contributed by atoms with Gasteiger partial charge in [0.25, 0.3) is 5.69 Å². The summed E-state index contributed by atoms with van der Waals surface area (Å²) in [6, 6.07) is 13.3. The van der Waals surface area contributed by atoms with Crippen molar-refractivity contribution in [2.45, 2.75) is 25.8 Å². The number of nitrogens with one attached hydrogen (secondary N) is 1. The lowest BCUT2D eigenvalue weighted by atomic mass is 10.1. The highest BCUT2D eigenvalue weighted by Gasteiger charge is 2.09. The maximum Gasteiger partial charge on any atom is 0.274 e. The number of nitrogens with zero attached hydrogens (tertiary/aromatic N) is 2. The number of hydrogen-bond acceptors (Lipinski definition) is 4. The third-order valence-corrected chi connectivity index (χ3v) is 3.06. The number of aryl methyl sites for hydroxylation is 1. The summed E-state index contributed by atoms with van der Waals surface area (Å²) < 4.78 is 0. The summed E-state index contributed by atoms with van der Waals surface area (Å²) in [6.45, 7) is 2.05. The number of benzene rings is 1. The molecule has 0 saturated heterocycles. The zero-order valence-corrected chi connectivity index (χ0v) is 11.3. The second kappa shape index (κ2) is 6.65. The second-order valence-electron chi connectivity index (χ2n) is 4.73. The first-order valence-electron chi connectivity index (χ1n) is 6.56. The molecule has 5 nitrogen and oxygen atoms in total. The van der Waals surface area contributed by atoms with Gasteiger partial charge >= 0.3 is 0 Å². The van der Waals surface area contributed by atoms with Gasteiger partial charge in [-0.25, -0.2) is 4.98 Å². The molecule has 0 radical (unpaired) electrons. The minimum absolute atomic E-state index is 0.0535. The number of aromatic nitrogens is 1. The van der Waals surface area contributed by atoms with Gasteiger partial charge in [-0.3, -0.25) is 10.1 Å². The van der Waals surface area contributed by atoms with E-state index >= 15 is 0 Å². The largest absolute Gasteiger partial charge is 0.367 e. The Morgan fingerprint density at radius 2 is 2.05 bits per heavy atom. The van der Waals surface area contributed by atoms with Crippen LogP contribution in [0.2, 0.25) is 0 Å². The minimum atomic E-state index is -0.415. The molecule has 0 aliphatic heterocycles. The molecule has 0 amide bonds. The average molecular weight is 271 g/mol. The molecule has 0 fully saturated rings. The van der Waals surface area contributed by atoms with E-state index in [1.54, 1.807) is 0 Å². The van der Waals surface area contributed by atoms with Crippen LogP contribution in [0.3, 0.4) is 0 Å². The van der Waals surface area contributed by atoms with Gasteiger partial charge in [0.05, 0.1) is 11.0 Å². The molecule has 1 N–H and O–H groups in total. The van der Waals surface area contributed by atoms with Crippen LogP contribution < -0.4 is 5.32 Å². The van der Waals surface area contributed by atoms with Crippen molar-refractivity contribution in [1.29, 1.82) is 0 Å². The fraction of sp³-hybridized carbons (Fsp3) is 0.267. The SMILES string of the molecule is CC(CCc1ccccc1)Nc1cc([N+](=O)[O-])ccn1. The molecular weight excluding hydrogens is 254 g/mol. The molecule has 2 rings (SSSR count). The van der Waals surface area contributed by atoms with E-state index in [9.17, 15) is 10.1 Å². The molecule has 0 bridgehead atoms. The van der Waals surface area contributed by atoms with Crippen molar-refractivity contribution in [1.82, 2.24) is 4.98 Å². The van der Waals surface area contributed by atoms with Crippen molar-refractivity contribution in [3.8, 4) is 0 Å². The number of hydrogen-bond donors (Lipinski definition) is 1. The van der Waals surface area contributed by atoms with Gasteiger partial charge in [0.2, 0.25) is 0 Å². The van der Waals surface area contributed by atoms with E-state index < -0.39 is 4.92 Å². The van der Waals surface area contributed by atoms with Crippen LogP contribution in [-0.4, -0.2) is 15.9 Å². The van der Waals surface area contributed by atoms with Gasteiger partial charge in [-0.05, 0) is 25.3 Å². The Morgan fingerprint density at radius 3 is 2.75 bits per heavy atom. The molecule has 1 unspecified atom stereocenters. The molecule has 104 valence electrons. The highest BCUT2D eigenvalue weighted by atomic mass is 16.6. The molecule has 20 heavy (non-hydrogen) atoms. The lowest BCUT2D eigenvalue weighted by Gasteiger charge is -2.14. The molecule has 1 aromatic carbocycles. The lowest BCUT2D eigenvalue weighted by molar-refractivity contribution is -0.384. The summed E-state index contributed by atoms with van der Waals surface area (Å²) >= 11 is 0. The maximum atomic E-state index is 10.7. The summed E-state index contributed by atoms with van der Waals surface area (Å²) in [6.07, 6.45) is 3.35. The minimum Gasteiger partial charge on any atom is -0.367 e. The average Bonchev–Trinajstić information content (AvgIpc) is 2.46. The molecule has 2 aromatic rings. The monoisotopic (exact) mass is 271 g/mol. The fourth-order valence-corrected chi connectivity index (χ4v) is 1.96. The summed E-state index contributed by atoms with van der Waals surface area (Å²) in [5, 5.41) is 13.9. The third-order valence-electron chi connectivity index (χ3n) is 3.06. The number of anilines is 1. The Hall–Kier alpha value is -2.43. The van der Waals surface area contributed by atoms with Crippen molar-refractivity contribution in [2.24, 2.45) is 0 Å². The first-order chi connectivity index (χ1) is 9.65. The molecule has 1 heterocycles. The van der Waals surface area contributed by atoms with E-state index in [0.717, 1.165) is 12.8 Å². The number of nitro groups is 1. The molecule has 5 heteroatoms. The summed E-state index contributed by atoms with van der Waals surface area (Å²) in [5.41, 5.74) is 1.34. The normalized spacial score (nSPS) is 11.8. The van der Waals surface area contributed by atoms with E-state index in [-0.39, 0.29) is 11.7 Å². The molecule has 1 aromatic heterocycles. The van der Waals surface area contributed by atoms with Gasteiger partial charge in [-0.15, -0.1) is 0 Å². The maximum absolute atomic E-state index is 10.7. The van der Waals surface area contributed by atoms with Crippen LogP contribution in [0, 0.1) is 10.1 Å². The lowest BCUT2D eigenvalue weighted by Crippen LogP contribution is -2.16. The summed E-state index contributed by atoms with van der Waals surface area (Å²) in [5.74, 6) is 0.541. The zero-order chi connectivity index (χ0) is 14.4. The van der Waals surface area contributed by atoms with Crippen LogP contribution in [0.4, 0.5) is 11.5 Å². The first kappa shape index (κ1) is 14.0. The van der Waals surface area contributed by atoms with Crippen molar-refractivity contribution in [3.05, 3.63) is 64.3 Å². The zero-order valence-electron chi connectivity index (χ0n) is 11.3. The Balaban J connectivity index is 1.89. The van der Waals surface area contributed by atoms with E-state index in [1.165, 1.54) is 23.9 Å². The Labute approximate surface area is 117 Å². The second-order valence-corrected chi connectivity index (χ2v) is 4.73. The molecule has 0 aliphatic rings. The quantitative estimate of drug-likeness (QED) is 0.645. The van der Waals surface area contributed by atoms with Crippen molar-refractivity contribution >= 4 is 11.5 Å². The standard InChI is InChI=1S/C15H17N3O2/c1-12(7-8-13-5-3-2-4-6-13)17-15-11-14(18(19)20)9-10-16-15/h2-6,9-12H,7-8H2,1H3,(H,16,17). The van der Waals surface area contributed by atoms with Crippen LogP contribution in [0.25, 0.3) is 0 Å². The first-order valence-corrected chi connectivity index (χ1v) is 6.56. The predicted octanol–water partition coefficient (Wildman–Crippen LogP) is 3.42. The van der Waals surface area contributed by atoms with Crippen LogP contribution >= 0.6 is 0 Å². The Morgan fingerprint density at radius 1 is 1.30 bits per heavy atom. The predicted molar refractivity (Wildman–Crippen MR) is 78.7 cm³/mol. The third kappa shape index (κ3) is 4.05. The van der Waals surface area contributed by atoms with Gasteiger partial charge in [0.15, 0.2) is 0 Å². The highest BCUT2D eigenvalue weighted by molar-refractivity contribution is 5.44. The van der Waals surface area contributed by atoms with Crippen LogP contribution in [0.1, 0.15) is 18.9 Å². The highest BCUT2D eigenvalue weighted by Crippen LogP contribution is 2.16. The van der Waals surface area contributed by atoms with Crippen molar-refractivity contribution in [2.75, 3.05) is 5.32 Å². The van der Waals surface area contributed by atoms with Gasteiger partial charge in [0.1, 0.15) is 5.82 Å². The molecule has 0 aliphatic carbocycles. The van der Waals surface area contributed by atoms with Gasteiger partial charge < -0.3 is 5.32 Å². The Bertz CT molecular complexity index is 572. The van der Waals surface area contributed by atoms with Crippen LogP contribution in [-0.2, 0) is 6.42 Å². The molecule has 1 atom stereocenters. The van der Waals surface area contributed by atoms with E-state index in [0.29, 0.717) is 5.82 Å². The van der Waals surface area contributed by atoms with E-state index in [2.05, 4.69) is 22.4 Å². The smallest absolute Gasteiger partial charge is 0.274 e. The van der Waals surface area contributed by atoms with Crippen LogP contribution in [0.5, 0.6) is 0 Å². The Kier molecular flexibility index (Phi) is 4.65. The summed E-state index contributed by atoms with van der Waals surface area (Å²) in [4.78, 5) is 14.4. The summed E-state index contributed by atoms with van der Waals surface area (Å²) in [7, 11) is 0. The van der Waals surface area contributed by atoms with Gasteiger partial charge in [-0.2, -0.15) is 0 Å². The van der Waals surface area contributed by atoms with E-state index in [4.69, 9.17) is 0 Å². The molecule has 0 saturated carbocycles. The van der Waals surface area contributed by atoms with E-state index in [1.807, 2.05) is 25.1 Å². The van der Waals surface area contributed by atoms with Crippen molar-refractivity contribution in [3.63, 3.8) is 0 Å². The van der Waals surface area contributed by atoms with Gasteiger partial charge in [-0.1, -0.05) is 30.3 Å². The number of rotatable bonds is 6.